The van der Waals surface area contributed by atoms with E-state index in [-0.39, 0.29) is 0 Å². The fraction of sp³-hybridized carbons (Fsp3) is 0.923. The van der Waals surface area contributed by atoms with Gasteiger partial charge in [-0.1, -0.05) is 27.2 Å². The summed E-state index contributed by atoms with van der Waals surface area (Å²) in [7, 11) is 0. The largest absolute Gasteiger partial charge is 0.301 e. The Balaban J connectivity index is 2.51. The van der Waals surface area contributed by atoms with Crippen LogP contribution in [0.3, 0.4) is 0 Å². The Kier molecular flexibility index (Phi) is 5.30. The van der Waals surface area contributed by atoms with E-state index in [9.17, 15) is 4.79 Å². The van der Waals surface area contributed by atoms with Gasteiger partial charge in [0.2, 0.25) is 0 Å². The molecule has 0 saturated heterocycles. The van der Waals surface area contributed by atoms with E-state index in [0.29, 0.717) is 17.7 Å². The van der Waals surface area contributed by atoms with Crippen LogP contribution < -0.4 is 0 Å². The van der Waals surface area contributed by atoms with E-state index in [2.05, 4.69) is 18.7 Å². The van der Waals surface area contributed by atoms with Gasteiger partial charge in [0.15, 0.2) is 0 Å². The zero-order chi connectivity index (χ0) is 11.3. The Morgan fingerprint density at radius 1 is 1.20 bits per heavy atom. The first-order chi connectivity index (χ1) is 7.22. The molecule has 0 spiro atoms. The molecule has 0 N–H and O–H groups in total. The van der Waals surface area contributed by atoms with Gasteiger partial charge in [0.25, 0.3) is 0 Å². The van der Waals surface area contributed by atoms with E-state index in [1.54, 1.807) is 0 Å². The van der Waals surface area contributed by atoms with Crippen LogP contribution in [-0.4, -0.2) is 29.8 Å². The first kappa shape index (κ1) is 12.7. The van der Waals surface area contributed by atoms with Crippen LogP contribution in [-0.2, 0) is 4.79 Å². The average molecular weight is 211 g/mol. The van der Waals surface area contributed by atoms with Crippen molar-refractivity contribution < 1.29 is 4.79 Å². The molecule has 88 valence electrons. The zero-order valence-electron chi connectivity index (χ0n) is 10.5. The molecule has 2 heteroatoms. The van der Waals surface area contributed by atoms with Crippen LogP contribution in [0.2, 0.25) is 0 Å². The van der Waals surface area contributed by atoms with Crippen molar-refractivity contribution in [2.75, 3.05) is 13.1 Å². The molecule has 0 aromatic heterocycles. The lowest BCUT2D eigenvalue weighted by molar-refractivity contribution is -0.124. The Labute approximate surface area is 94.0 Å². The fourth-order valence-corrected chi connectivity index (χ4v) is 2.82. The molecule has 1 fully saturated rings. The maximum absolute atomic E-state index is 11.7. The van der Waals surface area contributed by atoms with Gasteiger partial charge in [0.1, 0.15) is 5.78 Å². The molecule has 0 heterocycles. The smallest absolute Gasteiger partial charge is 0.135 e. The lowest BCUT2D eigenvalue weighted by Gasteiger charge is -2.35. The molecule has 2 nitrogen and oxygen atoms in total. The molecular formula is C13H25NO. The summed E-state index contributed by atoms with van der Waals surface area (Å²) in [5.74, 6) is 0.834. The van der Waals surface area contributed by atoms with E-state index in [1.165, 1.54) is 12.8 Å². The minimum absolute atomic E-state index is 0.356. The molecule has 15 heavy (non-hydrogen) atoms. The molecule has 0 bridgehead atoms. The molecule has 0 radical (unpaired) electrons. The van der Waals surface area contributed by atoms with E-state index in [0.717, 1.165) is 32.4 Å². The Bertz CT molecular complexity index is 199. The van der Waals surface area contributed by atoms with Crippen molar-refractivity contribution >= 4 is 5.78 Å². The summed E-state index contributed by atoms with van der Waals surface area (Å²) >= 11 is 0. The predicted molar refractivity (Wildman–Crippen MR) is 64.0 cm³/mol. The summed E-state index contributed by atoms with van der Waals surface area (Å²) in [5.41, 5.74) is 0. The topological polar surface area (TPSA) is 20.3 Å². The minimum Gasteiger partial charge on any atom is -0.301 e. The van der Waals surface area contributed by atoms with Crippen LogP contribution in [0.4, 0.5) is 0 Å². The normalized spacial score (nSPS) is 26.9. The molecular weight excluding hydrogens is 186 g/mol. The number of rotatable bonds is 5. The van der Waals surface area contributed by atoms with Gasteiger partial charge in [0, 0.05) is 18.4 Å². The maximum atomic E-state index is 11.7. The van der Waals surface area contributed by atoms with Crippen LogP contribution in [0.1, 0.15) is 52.9 Å². The third kappa shape index (κ3) is 3.30. The van der Waals surface area contributed by atoms with E-state index >= 15 is 0 Å². The van der Waals surface area contributed by atoms with Crippen LogP contribution in [0.25, 0.3) is 0 Å². The Morgan fingerprint density at radius 3 is 2.40 bits per heavy atom. The lowest BCUT2D eigenvalue weighted by Crippen LogP contribution is -2.40. The predicted octanol–water partition coefficient (Wildman–Crippen LogP) is 2.87. The average Bonchev–Trinajstić information content (AvgIpc) is 2.30. The van der Waals surface area contributed by atoms with E-state index < -0.39 is 0 Å². The number of nitrogens with zero attached hydrogens (tertiary/aromatic N) is 1. The molecule has 1 rings (SSSR count). The van der Waals surface area contributed by atoms with Crippen molar-refractivity contribution in [3.63, 3.8) is 0 Å². The molecule has 1 saturated carbocycles. The molecule has 0 aliphatic heterocycles. The number of carbonyl (C=O) groups excluding carboxylic acids is 1. The van der Waals surface area contributed by atoms with Crippen molar-refractivity contribution in [2.45, 2.75) is 58.9 Å². The molecule has 1 aliphatic carbocycles. The van der Waals surface area contributed by atoms with E-state index in [1.807, 2.05) is 6.92 Å². The zero-order valence-corrected chi connectivity index (χ0v) is 10.5. The number of ketones is 1. The highest BCUT2D eigenvalue weighted by Crippen LogP contribution is 2.28. The second-order valence-electron chi connectivity index (χ2n) is 4.56. The number of carbonyl (C=O) groups is 1. The van der Waals surface area contributed by atoms with Gasteiger partial charge in [-0.25, -0.2) is 0 Å². The second-order valence-corrected chi connectivity index (χ2v) is 4.56. The Morgan fingerprint density at radius 2 is 1.87 bits per heavy atom. The minimum atomic E-state index is 0.356. The van der Waals surface area contributed by atoms with Crippen molar-refractivity contribution in [1.29, 1.82) is 0 Å². The van der Waals surface area contributed by atoms with Crippen LogP contribution in [0, 0.1) is 5.92 Å². The number of hydrogen-bond acceptors (Lipinski definition) is 2. The van der Waals surface area contributed by atoms with Crippen molar-refractivity contribution in [1.82, 2.24) is 4.90 Å². The summed E-state index contributed by atoms with van der Waals surface area (Å²) in [5, 5.41) is 0. The third-order valence-corrected chi connectivity index (χ3v) is 3.78. The van der Waals surface area contributed by atoms with Gasteiger partial charge >= 0.3 is 0 Å². The lowest BCUT2D eigenvalue weighted by atomic mass is 9.82. The quantitative estimate of drug-likeness (QED) is 0.697. The molecule has 1 aliphatic rings. The first-order valence-electron chi connectivity index (χ1n) is 6.49. The highest BCUT2D eigenvalue weighted by atomic mass is 16.1. The molecule has 0 aromatic carbocycles. The summed E-state index contributed by atoms with van der Waals surface area (Å²) in [4.78, 5) is 14.2. The number of Topliss-reactive ketones (excluding diaryl/α,β-unsaturated/α-hetero) is 1. The molecule has 2 unspecified atom stereocenters. The molecule has 0 aromatic rings. The van der Waals surface area contributed by atoms with Gasteiger partial charge in [-0.05, 0) is 32.4 Å². The van der Waals surface area contributed by atoms with Crippen LogP contribution >= 0.6 is 0 Å². The van der Waals surface area contributed by atoms with Crippen LogP contribution in [0.15, 0.2) is 0 Å². The van der Waals surface area contributed by atoms with Crippen molar-refractivity contribution in [2.24, 2.45) is 5.92 Å². The highest BCUT2D eigenvalue weighted by molar-refractivity contribution is 5.80. The molecule has 0 amide bonds. The summed E-state index contributed by atoms with van der Waals surface area (Å²) in [6.07, 6.45) is 5.47. The van der Waals surface area contributed by atoms with Gasteiger partial charge < -0.3 is 4.90 Å². The van der Waals surface area contributed by atoms with Crippen LogP contribution in [0.5, 0.6) is 0 Å². The monoisotopic (exact) mass is 211 g/mol. The summed E-state index contributed by atoms with van der Waals surface area (Å²) in [6.45, 7) is 8.66. The van der Waals surface area contributed by atoms with Gasteiger partial charge in [-0.3, -0.25) is 4.79 Å². The number of hydrogen-bond donors (Lipinski definition) is 0. The highest BCUT2D eigenvalue weighted by Gasteiger charge is 2.28. The third-order valence-electron chi connectivity index (χ3n) is 3.78. The maximum Gasteiger partial charge on any atom is 0.135 e. The molecule has 2 atom stereocenters. The van der Waals surface area contributed by atoms with Gasteiger partial charge in [-0.2, -0.15) is 0 Å². The van der Waals surface area contributed by atoms with Gasteiger partial charge in [-0.15, -0.1) is 0 Å². The summed E-state index contributed by atoms with van der Waals surface area (Å²) in [6, 6.07) is 0.661. The Hall–Kier alpha value is -0.370. The standard InChI is InChI=1S/C13H25NO/c1-4-13(15)11-8-7-9-12(10-11)14(5-2)6-3/h11-12H,4-10H2,1-3H3. The first-order valence-corrected chi connectivity index (χ1v) is 6.49. The fourth-order valence-electron chi connectivity index (χ4n) is 2.82. The summed E-state index contributed by atoms with van der Waals surface area (Å²) < 4.78 is 0. The SMILES string of the molecule is CCC(=O)C1CCCC(N(CC)CC)C1. The van der Waals surface area contributed by atoms with Crippen molar-refractivity contribution in [3.05, 3.63) is 0 Å². The van der Waals surface area contributed by atoms with Gasteiger partial charge in [0.05, 0.1) is 0 Å². The second kappa shape index (κ2) is 6.26. The van der Waals surface area contributed by atoms with Crippen molar-refractivity contribution in [3.8, 4) is 0 Å². The van der Waals surface area contributed by atoms with E-state index in [4.69, 9.17) is 0 Å².